The topological polar surface area (TPSA) is 154 Å². The molecule has 1 atom stereocenters. The smallest absolute Gasteiger partial charge is 0.386 e. The van der Waals surface area contributed by atoms with Gasteiger partial charge in [0.15, 0.2) is 0 Å². The van der Waals surface area contributed by atoms with Crippen molar-refractivity contribution in [1.82, 2.24) is 19.7 Å². The van der Waals surface area contributed by atoms with E-state index in [4.69, 9.17) is 11.6 Å². The number of aliphatic hydroxyl groups is 2. The van der Waals surface area contributed by atoms with Gasteiger partial charge in [-0.15, -0.1) is 9.88 Å². The zero-order valence-electron chi connectivity index (χ0n) is 19.5. The minimum atomic E-state index is -4.08. The third-order valence-electron chi connectivity index (χ3n) is 6.17. The van der Waals surface area contributed by atoms with Crippen LogP contribution < -0.4 is 16.6 Å². The van der Waals surface area contributed by atoms with Gasteiger partial charge in [-0.2, -0.15) is 19.3 Å². The summed E-state index contributed by atoms with van der Waals surface area (Å²) in [5.41, 5.74) is -4.79. The molecule has 3 rings (SSSR count). The highest BCUT2D eigenvalue weighted by molar-refractivity contribution is 6.33. The number of rotatable bonds is 9. The first-order chi connectivity index (χ1) is 17.4. The van der Waals surface area contributed by atoms with Crippen molar-refractivity contribution in [3.63, 3.8) is 0 Å². The molecular formula is C21H24ClF3N4O8. The van der Waals surface area contributed by atoms with Crippen LogP contribution in [0.1, 0.15) is 55.8 Å². The molecule has 204 valence electrons. The van der Waals surface area contributed by atoms with Crippen LogP contribution in [-0.2, 0) is 20.7 Å². The van der Waals surface area contributed by atoms with Crippen molar-refractivity contribution >= 4 is 17.5 Å². The van der Waals surface area contributed by atoms with Crippen LogP contribution in [0.4, 0.5) is 13.6 Å². The van der Waals surface area contributed by atoms with Crippen LogP contribution in [0.25, 0.3) is 5.69 Å². The minimum Gasteiger partial charge on any atom is -0.388 e. The van der Waals surface area contributed by atoms with Crippen LogP contribution in [-0.4, -0.2) is 48.4 Å². The average Bonchev–Trinajstić information content (AvgIpc) is 3.10. The van der Waals surface area contributed by atoms with Gasteiger partial charge in [-0.1, -0.05) is 37.3 Å². The molecule has 1 fully saturated rings. The van der Waals surface area contributed by atoms with E-state index in [0.717, 1.165) is 31.7 Å². The van der Waals surface area contributed by atoms with Gasteiger partial charge < -0.3 is 15.5 Å². The molecule has 1 heterocycles. The van der Waals surface area contributed by atoms with E-state index in [-0.39, 0.29) is 22.8 Å². The molecule has 16 heteroatoms. The molecule has 1 aromatic carbocycles. The molecule has 37 heavy (non-hydrogen) atoms. The van der Waals surface area contributed by atoms with E-state index in [0.29, 0.717) is 30.6 Å². The number of nitrogens with zero attached hydrogens (tertiary/aromatic N) is 3. The summed E-state index contributed by atoms with van der Waals surface area (Å²) in [4.78, 5) is 47.5. The second-order valence-corrected chi connectivity index (χ2v) is 9.20. The monoisotopic (exact) mass is 552 g/mol. The van der Waals surface area contributed by atoms with Gasteiger partial charge in [0.2, 0.25) is 0 Å². The van der Waals surface area contributed by atoms with Crippen molar-refractivity contribution in [3.05, 3.63) is 55.8 Å². The minimum absolute atomic E-state index is 0.0576. The van der Waals surface area contributed by atoms with E-state index in [1.54, 1.807) is 0 Å². The highest BCUT2D eigenvalue weighted by Gasteiger charge is 2.60. The third kappa shape index (κ3) is 5.56. The predicted octanol–water partition coefficient (Wildman–Crippen LogP) is 1.88. The quantitative estimate of drug-likeness (QED) is 0.312. The fraction of sp³-hybridized carbons (Fsp3) is 0.524. The molecule has 0 spiro atoms. The van der Waals surface area contributed by atoms with Crippen LogP contribution in [0, 0.1) is 0 Å². The van der Waals surface area contributed by atoms with Crippen LogP contribution in [0.5, 0.6) is 0 Å². The normalized spacial score (nSPS) is 17.6. The highest BCUT2D eigenvalue weighted by atomic mass is 35.5. The van der Waals surface area contributed by atoms with E-state index in [1.165, 1.54) is 12.1 Å². The highest BCUT2D eigenvalue weighted by Crippen LogP contribution is 2.33. The molecule has 1 aromatic heterocycles. The van der Waals surface area contributed by atoms with Crippen LogP contribution in [0.15, 0.2) is 34.0 Å². The molecule has 1 aliphatic carbocycles. The number of benzene rings is 1. The average molecular weight is 553 g/mol. The number of nitrogens with one attached hydrogen (secondary N) is 1. The van der Waals surface area contributed by atoms with Gasteiger partial charge in [-0.3, -0.25) is 9.59 Å². The van der Waals surface area contributed by atoms with Crippen molar-refractivity contribution in [3.8, 4) is 5.69 Å². The molecule has 12 nitrogen and oxygen atoms in total. The lowest BCUT2D eigenvalue weighted by atomic mass is 9.94. The van der Waals surface area contributed by atoms with E-state index < -0.39 is 39.0 Å². The number of aromatic nitrogens is 3. The predicted molar refractivity (Wildman–Crippen MR) is 119 cm³/mol. The molecule has 1 amide bonds. The number of amides is 1. The maximum atomic E-state index is 13.4. The number of carbonyl (C=O) groups is 1. The summed E-state index contributed by atoms with van der Waals surface area (Å²) in [7, 11) is 0. The van der Waals surface area contributed by atoms with E-state index >= 15 is 0 Å². The Kier molecular flexibility index (Phi) is 8.77. The second kappa shape index (κ2) is 11.3. The number of hydrogen-bond acceptors (Lipinski definition) is 9. The fourth-order valence-electron chi connectivity index (χ4n) is 4.05. The Labute approximate surface area is 211 Å². The molecular weight excluding hydrogens is 529 g/mol. The number of carbonyl (C=O) groups excluding carboxylic acids is 1. The van der Waals surface area contributed by atoms with Gasteiger partial charge in [-0.25, -0.2) is 4.79 Å². The summed E-state index contributed by atoms with van der Waals surface area (Å²) in [5.74, 6) is -8.49. The molecule has 3 N–H and O–H groups in total. The first-order valence-corrected chi connectivity index (χ1v) is 11.5. The summed E-state index contributed by atoms with van der Waals surface area (Å²) in [6.07, 6.45) is 4.94. The van der Waals surface area contributed by atoms with Gasteiger partial charge in [0.1, 0.15) is 6.20 Å². The van der Waals surface area contributed by atoms with Crippen LogP contribution >= 0.6 is 11.6 Å². The summed E-state index contributed by atoms with van der Waals surface area (Å²) < 4.78 is 39.6. The van der Waals surface area contributed by atoms with Gasteiger partial charge >= 0.3 is 11.6 Å². The largest absolute Gasteiger partial charge is 0.388 e. The molecule has 0 aliphatic heterocycles. The molecule has 1 saturated carbocycles. The lowest BCUT2D eigenvalue weighted by Gasteiger charge is -2.33. The van der Waals surface area contributed by atoms with Gasteiger partial charge in [0, 0.05) is 13.5 Å². The van der Waals surface area contributed by atoms with Gasteiger partial charge in [-0.05, 0) is 44.6 Å². The van der Waals surface area contributed by atoms with Crippen molar-refractivity contribution in [1.29, 1.82) is 0 Å². The molecule has 0 bridgehead atoms. The zero-order chi connectivity index (χ0) is 27.4. The lowest BCUT2D eigenvalue weighted by Crippen LogP contribution is -2.63. The maximum Gasteiger partial charge on any atom is 0.386 e. The molecule has 1 aliphatic rings. The van der Waals surface area contributed by atoms with Crippen LogP contribution in [0.2, 0.25) is 5.02 Å². The Hall–Kier alpha value is -2.82. The number of hydrogen-bond donors (Lipinski definition) is 3. The Morgan fingerprint density at radius 3 is 2.35 bits per heavy atom. The maximum absolute atomic E-state index is 13.4. The molecule has 0 saturated heterocycles. The fourth-order valence-corrected chi connectivity index (χ4v) is 4.26. The summed E-state index contributed by atoms with van der Waals surface area (Å²) in [5, 5.41) is 26.8. The van der Waals surface area contributed by atoms with Crippen molar-refractivity contribution in [2.24, 2.45) is 0 Å². The van der Waals surface area contributed by atoms with Crippen molar-refractivity contribution < 1.29 is 43.4 Å². The lowest BCUT2D eigenvalue weighted by molar-refractivity contribution is -0.555. The SMILES string of the molecule is CC(O)(OF)C(OF)(OF)n1c(=O)cnn(-c2ccc(Cl)c(C(=O)NCC3(O)CCCCCC3)c2)c1=O. The molecule has 1 unspecified atom stereocenters. The summed E-state index contributed by atoms with van der Waals surface area (Å²) in [6.45, 7) is 0.244. The van der Waals surface area contributed by atoms with Crippen LogP contribution in [0.3, 0.4) is 0 Å². The molecule has 0 radical (unpaired) electrons. The van der Waals surface area contributed by atoms with E-state index in [9.17, 15) is 38.2 Å². The first-order valence-electron chi connectivity index (χ1n) is 11.1. The summed E-state index contributed by atoms with van der Waals surface area (Å²) in [6, 6.07) is 3.43. The Morgan fingerprint density at radius 2 is 1.78 bits per heavy atom. The van der Waals surface area contributed by atoms with E-state index in [2.05, 4.69) is 25.2 Å². The van der Waals surface area contributed by atoms with Gasteiger partial charge in [0.25, 0.3) is 17.3 Å². The van der Waals surface area contributed by atoms with Crippen molar-refractivity contribution in [2.75, 3.05) is 6.54 Å². The Balaban J connectivity index is 2.02. The Morgan fingerprint density at radius 1 is 1.16 bits per heavy atom. The first kappa shape index (κ1) is 28.7. The third-order valence-corrected chi connectivity index (χ3v) is 6.50. The van der Waals surface area contributed by atoms with Crippen molar-refractivity contribution in [2.45, 2.75) is 62.7 Å². The molecule has 2 aromatic rings. The number of halogens is 4. The summed E-state index contributed by atoms with van der Waals surface area (Å²) >= 11 is 6.14. The second-order valence-electron chi connectivity index (χ2n) is 8.79. The Bertz CT molecular complexity index is 1240. The standard InChI is InChI=1S/C21H24ClF3N4O8/c1-19(33,35-23)21(36-24,37-25)28-16(30)11-27-29(18(28)32)13-6-7-15(22)14(10-13)17(31)26-12-20(34)8-4-2-3-5-9-20/h6-7,10-11,33-34H,2-5,8-9,12H2,1H3,(H,26,31). The van der Waals surface area contributed by atoms with Gasteiger partial charge in [0.05, 0.1) is 21.9 Å². The van der Waals surface area contributed by atoms with E-state index in [1.807, 2.05) is 0 Å². The zero-order valence-corrected chi connectivity index (χ0v) is 20.2.